The molecule has 1 N–H and O–H groups in total. The fourth-order valence-electron chi connectivity index (χ4n) is 5.58. The molecule has 0 aromatic carbocycles. The molecule has 0 amide bonds. The van der Waals surface area contributed by atoms with Crippen LogP contribution in [0.5, 0.6) is 0 Å². The Kier molecular flexibility index (Phi) is 2.86. The van der Waals surface area contributed by atoms with Gasteiger partial charge in [0, 0.05) is 16.7 Å². The second-order valence-electron chi connectivity index (χ2n) is 7.55. The third kappa shape index (κ3) is 1.82. The summed E-state index contributed by atoms with van der Waals surface area (Å²) in [5.74, 6) is 4.09. The summed E-state index contributed by atoms with van der Waals surface area (Å²) >= 11 is 5.52. The molecule has 0 saturated heterocycles. The predicted molar refractivity (Wildman–Crippen MR) is 83.4 cm³/mol. The number of nitrogens with zero attached hydrogens (tertiary/aromatic N) is 1. The van der Waals surface area contributed by atoms with Crippen LogP contribution in [0.25, 0.3) is 0 Å². The number of aromatic amines is 1. The van der Waals surface area contributed by atoms with Crippen molar-refractivity contribution in [3.63, 3.8) is 0 Å². The summed E-state index contributed by atoms with van der Waals surface area (Å²) in [5, 5.41) is 0. The predicted octanol–water partition coefficient (Wildman–Crippen LogP) is 4.48. The molecule has 3 heteroatoms. The van der Waals surface area contributed by atoms with E-state index in [0.717, 1.165) is 28.8 Å². The van der Waals surface area contributed by atoms with Crippen LogP contribution in [-0.2, 0) is 11.8 Å². The van der Waals surface area contributed by atoms with Crippen molar-refractivity contribution in [1.82, 2.24) is 9.97 Å². The van der Waals surface area contributed by atoms with Gasteiger partial charge in [-0.2, -0.15) is 0 Å². The average Bonchev–Trinajstić information content (AvgIpc) is 2.40. The molecule has 4 fully saturated rings. The first-order chi connectivity index (χ1) is 9.59. The molecule has 5 rings (SSSR count). The number of hydrogen-bond donors (Lipinski definition) is 1. The van der Waals surface area contributed by atoms with Crippen LogP contribution in [0, 0.1) is 29.3 Å². The van der Waals surface area contributed by atoms with E-state index in [2.05, 4.69) is 18.8 Å². The van der Waals surface area contributed by atoms with Gasteiger partial charge in [0.1, 0.15) is 10.5 Å². The van der Waals surface area contributed by atoms with E-state index in [9.17, 15) is 0 Å². The first kappa shape index (κ1) is 13.0. The third-order valence-corrected chi connectivity index (χ3v) is 6.55. The maximum atomic E-state index is 5.52. The van der Waals surface area contributed by atoms with Gasteiger partial charge in [-0.1, -0.05) is 19.1 Å². The Morgan fingerprint density at radius 2 is 1.70 bits per heavy atom. The molecule has 4 bridgehead atoms. The lowest BCUT2D eigenvalue weighted by Crippen LogP contribution is -2.49. The van der Waals surface area contributed by atoms with E-state index in [1.54, 1.807) is 0 Å². The molecule has 0 aliphatic heterocycles. The fraction of sp³-hybridized carbons (Fsp3) is 0.765. The van der Waals surface area contributed by atoms with Gasteiger partial charge >= 0.3 is 0 Å². The van der Waals surface area contributed by atoms with Crippen molar-refractivity contribution in [3.05, 3.63) is 21.7 Å². The van der Waals surface area contributed by atoms with Crippen LogP contribution in [0.1, 0.15) is 62.5 Å². The molecule has 0 unspecified atom stereocenters. The van der Waals surface area contributed by atoms with Crippen LogP contribution in [-0.4, -0.2) is 9.97 Å². The van der Waals surface area contributed by atoms with E-state index in [1.165, 1.54) is 55.6 Å². The number of nitrogens with one attached hydrogen (secondary N) is 1. The normalized spacial score (nSPS) is 38.4. The Morgan fingerprint density at radius 3 is 2.20 bits per heavy atom. The zero-order valence-corrected chi connectivity index (χ0v) is 13.4. The zero-order chi connectivity index (χ0) is 13.9. The highest BCUT2D eigenvalue weighted by Crippen LogP contribution is 2.60. The van der Waals surface area contributed by atoms with Gasteiger partial charge < -0.3 is 4.98 Å². The van der Waals surface area contributed by atoms with E-state index < -0.39 is 0 Å². The van der Waals surface area contributed by atoms with Gasteiger partial charge in [-0.25, -0.2) is 4.98 Å². The lowest BCUT2D eigenvalue weighted by molar-refractivity contribution is -0.00955. The second-order valence-corrected chi connectivity index (χ2v) is 7.93. The number of rotatable bonds is 2. The minimum atomic E-state index is 0.333. The highest BCUT2D eigenvalue weighted by molar-refractivity contribution is 7.71. The minimum Gasteiger partial charge on any atom is -0.346 e. The molecule has 4 aliphatic carbocycles. The van der Waals surface area contributed by atoms with E-state index in [-0.39, 0.29) is 0 Å². The molecule has 0 spiro atoms. The van der Waals surface area contributed by atoms with Gasteiger partial charge in [-0.15, -0.1) is 0 Å². The van der Waals surface area contributed by atoms with Gasteiger partial charge in [0.15, 0.2) is 0 Å². The van der Waals surface area contributed by atoms with Crippen molar-refractivity contribution in [1.29, 1.82) is 0 Å². The molecule has 1 aromatic rings. The van der Waals surface area contributed by atoms with E-state index in [4.69, 9.17) is 17.2 Å². The maximum absolute atomic E-state index is 5.52. The summed E-state index contributed by atoms with van der Waals surface area (Å²) in [6, 6.07) is 0. The van der Waals surface area contributed by atoms with Crippen molar-refractivity contribution in [2.24, 2.45) is 17.8 Å². The fourth-order valence-corrected chi connectivity index (χ4v) is 5.80. The van der Waals surface area contributed by atoms with Crippen LogP contribution in [0.4, 0.5) is 0 Å². The highest BCUT2D eigenvalue weighted by Gasteiger charge is 2.52. The second kappa shape index (κ2) is 4.40. The topological polar surface area (TPSA) is 28.7 Å². The Morgan fingerprint density at radius 1 is 1.15 bits per heavy atom. The Labute approximate surface area is 126 Å². The maximum Gasteiger partial charge on any atom is 0.132 e. The van der Waals surface area contributed by atoms with Gasteiger partial charge in [0.2, 0.25) is 0 Å². The average molecular weight is 288 g/mol. The quantitative estimate of drug-likeness (QED) is 0.813. The van der Waals surface area contributed by atoms with E-state index in [0.29, 0.717) is 5.41 Å². The summed E-state index contributed by atoms with van der Waals surface area (Å²) in [6.07, 6.45) is 9.51. The lowest BCUT2D eigenvalue weighted by Gasteiger charge is -2.56. The Hall–Kier alpha value is -0.700. The van der Waals surface area contributed by atoms with Gasteiger partial charge in [-0.05, 0) is 69.6 Å². The SMILES string of the molecule is CCc1[nH]c(C23CC4CC(CC(C4)C2)C3)nc(=S)c1C. The van der Waals surface area contributed by atoms with E-state index in [1.807, 2.05) is 0 Å². The number of hydrogen-bond acceptors (Lipinski definition) is 2. The standard InChI is InChI=1S/C17H24N2S/c1-3-14-10(2)15(20)19-16(18-14)17-7-11-4-12(8-17)6-13(5-11)9-17/h11-13H,3-9H2,1-2H3,(H,18,19,20). The molecule has 0 atom stereocenters. The molecule has 1 heterocycles. The summed E-state index contributed by atoms with van der Waals surface area (Å²) in [6.45, 7) is 4.31. The molecule has 20 heavy (non-hydrogen) atoms. The molecule has 2 nitrogen and oxygen atoms in total. The van der Waals surface area contributed by atoms with Gasteiger partial charge in [-0.3, -0.25) is 0 Å². The Balaban J connectivity index is 1.81. The summed E-state index contributed by atoms with van der Waals surface area (Å²) in [7, 11) is 0. The molecular formula is C17H24N2S. The number of aromatic nitrogens is 2. The molecular weight excluding hydrogens is 264 g/mol. The molecule has 108 valence electrons. The van der Waals surface area contributed by atoms with Gasteiger partial charge in [0.05, 0.1) is 0 Å². The first-order valence-corrected chi connectivity index (χ1v) is 8.61. The van der Waals surface area contributed by atoms with Crippen molar-refractivity contribution < 1.29 is 0 Å². The van der Waals surface area contributed by atoms with Crippen LogP contribution in [0.15, 0.2) is 0 Å². The summed E-state index contributed by atoms with van der Waals surface area (Å²) < 4.78 is 0.825. The molecule has 1 aromatic heterocycles. The van der Waals surface area contributed by atoms with Crippen LogP contribution in [0.2, 0.25) is 0 Å². The first-order valence-electron chi connectivity index (χ1n) is 8.20. The highest BCUT2D eigenvalue weighted by atomic mass is 32.1. The zero-order valence-electron chi connectivity index (χ0n) is 12.5. The van der Waals surface area contributed by atoms with Crippen molar-refractivity contribution in [2.75, 3.05) is 0 Å². The smallest absolute Gasteiger partial charge is 0.132 e. The number of aryl methyl sites for hydroxylation is 1. The summed E-state index contributed by atoms with van der Waals surface area (Å²) in [4.78, 5) is 8.51. The van der Waals surface area contributed by atoms with Crippen molar-refractivity contribution >= 4 is 12.2 Å². The third-order valence-electron chi connectivity index (χ3n) is 6.15. The van der Waals surface area contributed by atoms with Crippen molar-refractivity contribution in [2.45, 2.75) is 64.2 Å². The van der Waals surface area contributed by atoms with Gasteiger partial charge in [0.25, 0.3) is 0 Å². The van der Waals surface area contributed by atoms with Crippen LogP contribution >= 0.6 is 12.2 Å². The number of H-pyrrole nitrogens is 1. The van der Waals surface area contributed by atoms with E-state index >= 15 is 0 Å². The molecule has 4 saturated carbocycles. The van der Waals surface area contributed by atoms with Crippen molar-refractivity contribution in [3.8, 4) is 0 Å². The lowest BCUT2D eigenvalue weighted by atomic mass is 9.49. The molecule has 4 aliphatic rings. The minimum absolute atomic E-state index is 0.333. The largest absolute Gasteiger partial charge is 0.346 e. The monoisotopic (exact) mass is 288 g/mol. The molecule has 0 radical (unpaired) electrons. The van der Waals surface area contributed by atoms with Crippen LogP contribution < -0.4 is 0 Å². The summed E-state index contributed by atoms with van der Waals surface area (Å²) in [5.41, 5.74) is 2.81. The van der Waals surface area contributed by atoms with Crippen LogP contribution in [0.3, 0.4) is 0 Å². The Bertz CT molecular complexity index is 566.